The summed E-state index contributed by atoms with van der Waals surface area (Å²) in [5.74, 6) is 0.676. The Hall–Kier alpha value is -2.97. The van der Waals surface area contributed by atoms with E-state index in [1.165, 1.54) is 27.9 Å². The molecular formula is C27H32N2O4S2. The fraction of sp³-hybridized carbons (Fsp3) is 0.296. The molecule has 3 rings (SSSR count). The highest BCUT2D eigenvalue weighted by atomic mass is 32.2. The van der Waals surface area contributed by atoms with Gasteiger partial charge in [0.1, 0.15) is 12.4 Å². The van der Waals surface area contributed by atoms with Gasteiger partial charge in [0.2, 0.25) is 15.9 Å². The molecule has 0 atom stereocenters. The van der Waals surface area contributed by atoms with Gasteiger partial charge in [0.25, 0.3) is 0 Å². The van der Waals surface area contributed by atoms with Gasteiger partial charge in [-0.1, -0.05) is 59.8 Å². The SMILES string of the molecule is Cc1ccc(OCCNC(=O)CCCN(c2ccccc2Sc2ccccc2)S(C)(=O)=O)c(C)c1. The molecule has 0 aliphatic rings. The molecular weight excluding hydrogens is 480 g/mol. The van der Waals surface area contributed by atoms with E-state index >= 15 is 0 Å². The number of nitrogens with one attached hydrogen (secondary N) is 1. The zero-order valence-electron chi connectivity index (χ0n) is 20.4. The summed E-state index contributed by atoms with van der Waals surface area (Å²) in [5.41, 5.74) is 2.85. The van der Waals surface area contributed by atoms with Crippen LogP contribution >= 0.6 is 11.8 Å². The number of nitrogens with zero attached hydrogens (tertiary/aromatic N) is 1. The first kappa shape index (κ1) is 26.6. The van der Waals surface area contributed by atoms with E-state index in [4.69, 9.17) is 4.74 Å². The van der Waals surface area contributed by atoms with Crippen molar-refractivity contribution in [1.82, 2.24) is 5.32 Å². The summed E-state index contributed by atoms with van der Waals surface area (Å²) in [5, 5.41) is 2.84. The third kappa shape index (κ3) is 8.33. The molecule has 0 aliphatic carbocycles. The number of benzene rings is 3. The lowest BCUT2D eigenvalue weighted by Gasteiger charge is -2.24. The summed E-state index contributed by atoms with van der Waals surface area (Å²) in [6.07, 6.45) is 1.83. The van der Waals surface area contributed by atoms with Crippen molar-refractivity contribution in [2.24, 2.45) is 0 Å². The Balaban J connectivity index is 1.52. The van der Waals surface area contributed by atoms with Gasteiger partial charge in [-0.2, -0.15) is 0 Å². The molecule has 0 aliphatic heterocycles. The second-order valence-corrected chi connectivity index (χ2v) is 11.3. The van der Waals surface area contributed by atoms with Gasteiger partial charge in [0.05, 0.1) is 18.5 Å². The normalized spacial score (nSPS) is 11.2. The molecule has 0 saturated carbocycles. The van der Waals surface area contributed by atoms with E-state index in [9.17, 15) is 13.2 Å². The molecule has 0 unspecified atom stereocenters. The van der Waals surface area contributed by atoms with E-state index in [1.807, 2.05) is 74.5 Å². The zero-order valence-corrected chi connectivity index (χ0v) is 22.0. The number of sulfonamides is 1. The van der Waals surface area contributed by atoms with Crippen LogP contribution in [0.5, 0.6) is 5.75 Å². The Morgan fingerprint density at radius 1 is 1.00 bits per heavy atom. The number of para-hydroxylation sites is 1. The molecule has 1 amide bonds. The lowest BCUT2D eigenvalue weighted by Crippen LogP contribution is -2.33. The summed E-state index contributed by atoms with van der Waals surface area (Å²) in [4.78, 5) is 14.2. The second-order valence-electron chi connectivity index (χ2n) is 8.29. The van der Waals surface area contributed by atoms with Crippen LogP contribution in [0.15, 0.2) is 82.6 Å². The first-order valence-corrected chi connectivity index (χ1v) is 14.2. The van der Waals surface area contributed by atoms with Crippen LogP contribution in [0.1, 0.15) is 24.0 Å². The smallest absolute Gasteiger partial charge is 0.232 e. The number of carbonyl (C=O) groups is 1. The number of rotatable bonds is 12. The van der Waals surface area contributed by atoms with Crippen LogP contribution in [0.2, 0.25) is 0 Å². The van der Waals surface area contributed by atoms with Crippen molar-refractivity contribution in [3.63, 3.8) is 0 Å². The van der Waals surface area contributed by atoms with Crippen LogP contribution in [0, 0.1) is 13.8 Å². The zero-order chi connectivity index (χ0) is 25.3. The molecule has 0 heterocycles. The molecule has 1 N–H and O–H groups in total. The number of anilines is 1. The number of carbonyl (C=O) groups excluding carboxylic acids is 1. The topological polar surface area (TPSA) is 75.7 Å². The minimum absolute atomic E-state index is 0.130. The maximum absolute atomic E-state index is 12.6. The van der Waals surface area contributed by atoms with Crippen LogP contribution in [-0.2, 0) is 14.8 Å². The maximum Gasteiger partial charge on any atom is 0.232 e. The first-order valence-electron chi connectivity index (χ1n) is 11.5. The quantitative estimate of drug-likeness (QED) is 0.338. The van der Waals surface area contributed by atoms with Gasteiger partial charge in [-0.15, -0.1) is 0 Å². The lowest BCUT2D eigenvalue weighted by molar-refractivity contribution is -0.121. The number of hydrogen-bond donors (Lipinski definition) is 1. The van der Waals surface area contributed by atoms with Gasteiger partial charge in [-0.3, -0.25) is 9.10 Å². The van der Waals surface area contributed by atoms with Crippen molar-refractivity contribution in [3.8, 4) is 5.75 Å². The minimum atomic E-state index is -3.52. The molecule has 0 saturated heterocycles. The van der Waals surface area contributed by atoms with Crippen LogP contribution < -0.4 is 14.4 Å². The molecule has 8 heteroatoms. The summed E-state index contributed by atoms with van der Waals surface area (Å²) in [6.45, 7) is 5.00. The largest absolute Gasteiger partial charge is 0.491 e. The van der Waals surface area contributed by atoms with E-state index in [2.05, 4.69) is 11.4 Å². The van der Waals surface area contributed by atoms with Crippen molar-refractivity contribution >= 4 is 33.4 Å². The number of ether oxygens (including phenoxy) is 1. The van der Waals surface area contributed by atoms with E-state index in [0.29, 0.717) is 25.3 Å². The van der Waals surface area contributed by atoms with Gasteiger partial charge >= 0.3 is 0 Å². The fourth-order valence-corrected chi connectivity index (χ4v) is 5.63. The number of amides is 1. The molecule has 35 heavy (non-hydrogen) atoms. The molecule has 0 bridgehead atoms. The van der Waals surface area contributed by atoms with Crippen molar-refractivity contribution in [1.29, 1.82) is 0 Å². The Kier molecular flexibility index (Phi) is 9.63. The summed E-state index contributed by atoms with van der Waals surface area (Å²) in [6, 6.07) is 23.2. The third-order valence-corrected chi connectivity index (χ3v) is 7.54. The Labute approximate surface area is 212 Å². The minimum Gasteiger partial charge on any atom is -0.491 e. The molecule has 0 fully saturated rings. The molecule has 3 aromatic rings. The standard InChI is InChI=1S/C27H32N2O4S2/c1-21-15-16-25(22(2)20-21)33-19-17-28-27(30)14-9-18-29(35(3,31)32)24-12-7-8-13-26(24)34-23-10-5-4-6-11-23/h4-8,10-13,15-16,20H,9,14,17-19H2,1-3H3,(H,28,30). The first-order chi connectivity index (χ1) is 16.7. The summed E-state index contributed by atoms with van der Waals surface area (Å²) < 4.78 is 32.3. The summed E-state index contributed by atoms with van der Waals surface area (Å²) in [7, 11) is -3.52. The average Bonchev–Trinajstić information content (AvgIpc) is 2.81. The molecule has 6 nitrogen and oxygen atoms in total. The highest BCUT2D eigenvalue weighted by Crippen LogP contribution is 2.36. The van der Waals surface area contributed by atoms with Crippen LogP contribution in [-0.4, -0.2) is 40.3 Å². The lowest BCUT2D eigenvalue weighted by atomic mass is 10.1. The maximum atomic E-state index is 12.6. The van der Waals surface area contributed by atoms with Crippen LogP contribution in [0.25, 0.3) is 0 Å². The third-order valence-electron chi connectivity index (χ3n) is 5.28. The van der Waals surface area contributed by atoms with E-state index in [1.54, 1.807) is 6.07 Å². The summed E-state index contributed by atoms with van der Waals surface area (Å²) >= 11 is 1.51. The monoisotopic (exact) mass is 512 g/mol. The van der Waals surface area contributed by atoms with Crippen LogP contribution in [0.4, 0.5) is 5.69 Å². The Bertz CT molecular complexity index is 1230. The predicted molar refractivity (Wildman–Crippen MR) is 143 cm³/mol. The van der Waals surface area contributed by atoms with Crippen LogP contribution in [0.3, 0.4) is 0 Å². The van der Waals surface area contributed by atoms with Gasteiger partial charge in [-0.25, -0.2) is 8.42 Å². The van der Waals surface area contributed by atoms with Crippen molar-refractivity contribution in [2.45, 2.75) is 36.5 Å². The average molecular weight is 513 g/mol. The van der Waals surface area contributed by atoms with Gasteiger partial charge in [0.15, 0.2) is 0 Å². The second kappa shape index (κ2) is 12.7. The highest BCUT2D eigenvalue weighted by molar-refractivity contribution is 7.99. The molecule has 0 radical (unpaired) electrons. The van der Waals surface area contributed by atoms with E-state index in [0.717, 1.165) is 21.1 Å². The molecule has 0 spiro atoms. The van der Waals surface area contributed by atoms with Crippen molar-refractivity contribution in [2.75, 3.05) is 30.3 Å². The molecule has 186 valence electrons. The number of aryl methyl sites for hydroxylation is 2. The molecule has 0 aromatic heterocycles. The Morgan fingerprint density at radius 3 is 2.43 bits per heavy atom. The predicted octanol–water partition coefficient (Wildman–Crippen LogP) is 5.20. The fourth-order valence-electron chi connectivity index (χ4n) is 3.61. The van der Waals surface area contributed by atoms with Crippen molar-refractivity contribution < 1.29 is 17.9 Å². The van der Waals surface area contributed by atoms with Gasteiger partial charge in [-0.05, 0) is 56.2 Å². The highest BCUT2D eigenvalue weighted by Gasteiger charge is 2.21. The van der Waals surface area contributed by atoms with Crippen molar-refractivity contribution in [3.05, 3.63) is 83.9 Å². The Morgan fingerprint density at radius 2 is 1.71 bits per heavy atom. The van der Waals surface area contributed by atoms with Gasteiger partial charge in [0, 0.05) is 22.8 Å². The van der Waals surface area contributed by atoms with E-state index in [-0.39, 0.29) is 18.9 Å². The number of hydrogen-bond acceptors (Lipinski definition) is 5. The van der Waals surface area contributed by atoms with Gasteiger partial charge < -0.3 is 10.1 Å². The molecule has 3 aromatic carbocycles. The van der Waals surface area contributed by atoms with E-state index < -0.39 is 10.0 Å².